The van der Waals surface area contributed by atoms with Crippen molar-refractivity contribution in [3.05, 3.63) is 47.5 Å². The van der Waals surface area contributed by atoms with Crippen molar-refractivity contribution in [2.75, 3.05) is 13.2 Å². The maximum Gasteiger partial charge on any atom is 0.319 e. The van der Waals surface area contributed by atoms with E-state index in [1.807, 2.05) is 0 Å². The van der Waals surface area contributed by atoms with Crippen LogP contribution in [0.25, 0.3) is 0 Å². The Labute approximate surface area is 195 Å². The first kappa shape index (κ1) is 24.6. The molecule has 0 spiro atoms. The van der Waals surface area contributed by atoms with E-state index in [0.717, 1.165) is 0 Å². The summed E-state index contributed by atoms with van der Waals surface area (Å²) in [4.78, 5) is 46.0. The summed E-state index contributed by atoms with van der Waals surface area (Å²) in [5.41, 5.74) is 1.02. The van der Waals surface area contributed by atoms with Crippen LogP contribution in [-0.4, -0.2) is 47.3 Å². The second-order valence-electron chi connectivity index (χ2n) is 7.41. The molecule has 0 saturated heterocycles. The number of phenols is 2. The van der Waals surface area contributed by atoms with Gasteiger partial charge in [-0.3, -0.25) is 19.2 Å². The SMILES string of the molecule is CCOC(=O)C1CC(=O)Oc2ccc(O)cc21.CCOC(=O)CC1C(=O)Oc2ccc(O)cc21. The van der Waals surface area contributed by atoms with E-state index in [0.29, 0.717) is 22.6 Å². The van der Waals surface area contributed by atoms with Gasteiger partial charge in [0.1, 0.15) is 23.0 Å². The first-order valence-corrected chi connectivity index (χ1v) is 10.6. The number of rotatable bonds is 5. The van der Waals surface area contributed by atoms with Crippen molar-refractivity contribution in [1.82, 2.24) is 0 Å². The highest BCUT2D eigenvalue weighted by Crippen LogP contribution is 2.39. The summed E-state index contributed by atoms with van der Waals surface area (Å²) in [7, 11) is 0. The maximum absolute atomic E-state index is 11.7. The first-order chi connectivity index (χ1) is 16.2. The minimum Gasteiger partial charge on any atom is -0.508 e. The molecule has 0 aromatic heterocycles. The van der Waals surface area contributed by atoms with Crippen LogP contribution in [0.4, 0.5) is 0 Å². The molecular weight excluding hydrogens is 448 g/mol. The molecule has 10 heteroatoms. The Morgan fingerprint density at radius 3 is 2.12 bits per heavy atom. The normalized spacial score (nSPS) is 17.8. The molecule has 4 rings (SSSR count). The second-order valence-corrected chi connectivity index (χ2v) is 7.41. The Balaban J connectivity index is 0.000000191. The van der Waals surface area contributed by atoms with E-state index in [1.54, 1.807) is 13.8 Å². The van der Waals surface area contributed by atoms with Crippen LogP contribution in [0.1, 0.15) is 49.7 Å². The molecule has 0 radical (unpaired) electrons. The predicted octanol–water partition coefficient (Wildman–Crippen LogP) is 2.70. The summed E-state index contributed by atoms with van der Waals surface area (Å²) in [5.74, 6) is -2.51. The van der Waals surface area contributed by atoms with Crippen molar-refractivity contribution < 1.29 is 48.3 Å². The summed E-state index contributed by atoms with van der Waals surface area (Å²) in [6.45, 7) is 3.92. The monoisotopic (exact) mass is 472 g/mol. The quantitative estimate of drug-likeness (QED) is 0.492. The molecule has 2 unspecified atom stereocenters. The summed E-state index contributed by atoms with van der Waals surface area (Å²) in [6, 6.07) is 8.66. The number of carbonyl (C=O) groups is 4. The molecule has 34 heavy (non-hydrogen) atoms. The molecule has 180 valence electrons. The fourth-order valence-electron chi connectivity index (χ4n) is 3.58. The minimum atomic E-state index is -0.696. The van der Waals surface area contributed by atoms with Crippen molar-refractivity contribution in [3.8, 4) is 23.0 Å². The number of aromatic hydroxyl groups is 2. The number of hydrogen-bond donors (Lipinski definition) is 2. The third-order valence-electron chi connectivity index (χ3n) is 5.07. The standard InChI is InChI=1S/2C12H12O5/c1-2-16-12(15)9-6-11(14)17-10-4-3-7(13)5-8(9)10;1-2-16-11(14)6-9-8-5-7(13)3-4-10(8)17-12(9)15/h2*3-5,9,13H,2,6H2,1H3. The van der Waals surface area contributed by atoms with Gasteiger partial charge in [-0.1, -0.05) is 0 Å². The summed E-state index contributed by atoms with van der Waals surface area (Å²) < 4.78 is 19.7. The predicted molar refractivity (Wildman–Crippen MR) is 115 cm³/mol. The highest BCUT2D eigenvalue weighted by Gasteiger charge is 2.36. The molecule has 2 aromatic carbocycles. The minimum absolute atomic E-state index is 0.0241. The molecule has 2 aliphatic heterocycles. The average Bonchev–Trinajstić information content (AvgIpc) is 3.08. The van der Waals surface area contributed by atoms with E-state index in [1.165, 1.54) is 36.4 Å². The zero-order valence-corrected chi connectivity index (χ0v) is 18.6. The molecule has 2 N–H and O–H groups in total. The second kappa shape index (κ2) is 10.7. The molecule has 0 saturated carbocycles. The van der Waals surface area contributed by atoms with Gasteiger partial charge in [0.25, 0.3) is 0 Å². The lowest BCUT2D eigenvalue weighted by atomic mass is 9.92. The molecule has 2 aromatic rings. The molecule has 2 aliphatic rings. The number of benzene rings is 2. The zero-order valence-electron chi connectivity index (χ0n) is 18.6. The average molecular weight is 472 g/mol. The lowest BCUT2D eigenvalue weighted by Crippen LogP contribution is -2.26. The molecule has 2 atom stereocenters. The van der Waals surface area contributed by atoms with Gasteiger partial charge in [-0.05, 0) is 50.2 Å². The van der Waals surface area contributed by atoms with Gasteiger partial charge < -0.3 is 29.2 Å². The number of hydrogen-bond acceptors (Lipinski definition) is 10. The van der Waals surface area contributed by atoms with Gasteiger partial charge in [0.05, 0.1) is 37.9 Å². The lowest BCUT2D eigenvalue weighted by Gasteiger charge is -2.22. The Bertz CT molecular complexity index is 1110. The molecular formula is C24H24O10. The Hall–Kier alpha value is -4.08. The first-order valence-electron chi connectivity index (χ1n) is 10.6. The van der Waals surface area contributed by atoms with Gasteiger partial charge in [-0.2, -0.15) is 0 Å². The van der Waals surface area contributed by atoms with Crippen molar-refractivity contribution in [2.24, 2.45) is 0 Å². The molecule has 0 amide bonds. The van der Waals surface area contributed by atoms with Gasteiger partial charge in [0, 0.05) is 11.1 Å². The van der Waals surface area contributed by atoms with Gasteiger partial charge in [-0.25, -0.2) is 0 Å². The molecule has 0 fully saturated rings. The number of ether oxygens (including phenoxy) is 4. The highest BCUT2D eigenvalue weighted by molar-refractivity contribution is 5.90. The van der Waals surface area contributed by atoms with Crippen LogP contribution >= 0.6 is 0 Å². The van der Waals surface area contributed by atoms with Crippen LogP contribution in [0.15, 0.2) is 36.4 Å². The molecule has 10 nitrogen and oxygen atoms in total. The van der Waals surface area contributed by atoms with Crippen molar-refractivity contribution in [3.63, 3.8) is 0 Å². The van der Waals surface area contributed by atoms with E-state index < -0.39 is 35.7 Å². The molecule has 2 heterocycles. The summed E-state index contributed by atoms with van der Waals surface area (Å²) in [5, 5.41) is 18.7. The van der Waals surface area contributed by atoms with E-state index in [-0.39, 0.29) is 37.6 Å². The van der Waals surface area contributed by atoms with Crippen LogP contribution in [-0.2, 0) is 28.7 Å². The van der Waals surface area contributed by atoms with Gasteiger partial charge in [0.2, 0.25) is 0 Å². The summed E-state index contributed by atoms with van der Waals surface area (Å²) in [6.07, 6.45) is -0.127. The lowest BCUT2D eigenvalue weighted by molar-refractivity contribution is -0.149. The number of phenolic OH excluding ortho intramolecular Hbond substituents is 2. The van der Waals surface area contributed by atoms with Crippen LogP contribution in [0.3, 0.4) is 0 Å². The molecule has 0 bridgehead atoms. The van der Waals surface area contributed by atoms with E-state index in [2.05, 4.69) is 0 Å². The summed E-state index contributed by atoms with van der Waals surface area (Å²) >= 11 is 0. The maximum atomic E-state index is 11.7. The van der Waals surface area contributed by atoms with Crippen LogP contribution in [0.5, 0.6) is 23.0 Å². The number of fused-ring (bicyclic) bond motifs is 2. The largest absolute Gasteiger partial charge is 0.508 e. The van der Waals surface area contributed by atoms with Crippen LogP contribution in [0.2, 0.25) is 0 Å². The topological polar surface area (TPSA) is 146 Å². The van der Waals surface area contributed by atoms with E-state index >= 15 is 0 Å². The highest BCUT2D eigenvalue weighted by atomic mass is 16.6. The van der Waals surface area contributed by atoms with E-state index in [9.17, 15) is 29.4 Å². The fourth-order valence-corrected chi connectivity index (χ4v) is 3.58. The van der Waals surface area contributed by atoms with E-state index in [4.69, 9.17) is 18.9 Å². The van der Waals surface area contributed by atoms with Crippen molar-refractivity contribution >= 4 is 23.9 Å². The third-order valence-corrected chi connectivity index (χ3v) is 5.07. The third kappa shape index (κ3) is 5.64. The fraction of sp³-hybridized carbons (Fsp3) is 0.333. The van der Waals surface area contributed by atoms with Crippen LogP contribution < -0.4 is 9.47 Å². The van der Waals surface area contributed by atoms with Gasteiger partial charge in [0.15, 0.2) is 0 Å². The molecule has 0 aliphatic carbocycles. The Morgan fingerprint density at radius 1 is 0.912 bits per heavy atom. The van der Waals surface area contributed by atoms with Crippen molar-refractivity contribution in [1.29, 1.82) is 0 Å². The number of esters is 4. The van der Waals surface area contributed by atoms with Gasteiger partial charge in [-0.15, -0.1) is 0 Å². The number of carbonyl (C=O) groups excluding carboxylic acids is 4. The zero-order chi connectivity index (χ0) is 24.8. The van der Waals surface area contributed by atoms with Crippen LogP contribution in [0, 0.1) is 0 Å². The van der Waals surface area contributed by atoms with Crippen molar-refractivity contribution in [2.45, 2.75) is 38.5 Å². The van der Waals surface area contributed by atoms with Gasteiger partial charge >= 0.3 is 23.9 Å². The Kier molecular flexibility index (Phi) is 7.72. The smallest absolute Gasteiger partial charge is 0.319 e. The Morgan fingerprint density at radius 2 is 1.50 bits per heavy atom.